The molecule has 2 heteroatoms. The second kappa shape index (κ2) is 2.46. The van der Waals surface area contributed by atoms with Gasteiger partial charge < -0.3 is 0 Å². The minimum Gasteiger partial charge on any atom is -0.279 e. The van der Waals surface area contributed by atoms with Gasteiger partial charge in [0.25, 0.3) is 0 Å². The SMILES string of the molecule is CC(C)CCN1CO1. The molecule has 0 aromatic rings. The van der Waals surface area contributed by atoms with Crippen molar-refractivity contribution in [2.75, 3.05) is 13.3 Å². The van der Waals surface area contributed by atoms with Crippen LogP contribution in [0, 0.1) is 5.92 Å². The van der Waals surface area contributed by atoms with Crippen molar-refractivity contribution in [3.63, 3.8) is 0 Å². The fourth-order valence-electron chi connectivity index (χ4n) is 0.572. The highest BCUT2D eigenvalue weighted by Crippen LogP contribution is 2.09. The molecular weight excluding hydrogens is 102 g/mol. The van der Waals surface area contributed by atoms with Gasteiger partial charge in [0.15, 0.2) is 0 Å². The maximum absolute atomic E-state index is 4.89. The van der Waals surface area contributed by atoms with Crippen molar-refractivity contribution in [2.24, 2.45) is 5.92 Å². The van der Waals surface area contributed by atoms with Crippen molar-refractivity contribution in [3.8, 4) is 0 Å². The van der Waals surface area contributed by atoms with E-state index in [0.29, 0.717) is 0 Å². The zero-order chi connectivity index (χ0) is 5.98. The smallest absolute Gasteiger partial charge is 0.144 e. The second-order valence-corrected chi connectivity index (χ2v) is 2.65. The highest BCUT2D eigenvalue weighted by Gasteiger charge is 2.17. The lowest BCUT2D eigenvalue weighted by Crippen LogP contribution is -2.01. The zero-order valence-corrected chi connectivity index (χ0v) is 5.55. The van der Waals surface area contributed by atoms with Crippen molar-refractivity contribution >= 4 is 0 Å². The van der Waals surface area contributed by atoms with Crippen LogP contribution in [0.25, 0.3) is 0 Å². The summed E-state index contributed by atoms with van der Waals surface area (Å²) in [5.74, 6) is 0.805. The van der Waals surface area contributed by atoms with Crippen LogP contribution in [0.4, 0.5) is 0 Å². The Bertz CT molecular complexity index is 66.9. The lowest BCUT2D eigenvalue weighted by Gasteiger charge is -2.00. The summed E-state index contributed by atoms with van der Waals surface area (Å²) in [5, 5.41) is 1.97. The Morgan fingerprint density at radius 1 is 1.62 bits per heavy atom. The average molecular weight is 115 g/mol. The quantitative estimate of drug-likeness (QED) is 0.514. The molecule has 1 fully saturated rings. The first kappa shape index (κ1) is 6.05. The molecule has 0 amide bonds. The third-order valence-corrected chi connectivity index (χ3v) is 1.27. The summed E-state index contributed by atoms with van der Waals surface area (Å²) < 4.78 is 0. The van der Waals surface area contributed by atoms with Gasteiger partial charge in [-0.1, -0.05) is 13.8 Å². The normalized spacial score (nSPS) is 26.6. The Kier molecular flexibility index (Phi) is 1.86. The molecule has 0 N–H and O–H groups in total. The predicted molar refractivity (Wildman–Crippen MR) is 32.1 cm³/mol. The largest absolute Gasteiger partial charge is 0.279 e. The van der Waals surface area contributed by atoms with Crippen LogP contribution in [-0.4, -0.2) is 18.3 Å². The molecule has 0 radical (unpaired) electrons. The highest BCUT2D eigenvalue weighted by molar-refractivity contribution is 4.51. The van der Waals surface area contributed by atoms with Crippen LogP contribution < -0.4 is 0 Å². The summed E-state index contributed by atoms with van der Waals surface area (Å²) in [4.78, 5) is 4.89. The maximum atomic E-state index is 4.89. The van der Waals surface area contributed by atoms with Gasteiger partial charge in [0.2, 0.25) is 0 Å². The van der Waals surface area contributed by atoms with Crippen LogP contribution >= 0.6 is 0 Å². The zero-order valence-electron chi connectivity index (χ0n) is 5.55. The van der Waals surface area contributed by atoms with Gasteiger partial charge in [-0.2, -0.15) is 5.06 Å². The summed E-state index contributed by atoms with van der Waals surface area (Å²) in [6.45, 7) is 6.41. The van der Waals surface area contributed by atoms with Gasteiger partial charge in [-0.3, -0.25) is 4.84 Å². The molecule has 1 rings (SSSR count). The maximum Gasteiger partial charge on any atom is 0.144 e. The minimum absolute atomic E-state index is 0.805. The third-order valence-electron chi connectivity index (χ3n) is 1.27. The number of hydrogen-bond donors (Lipinski definition) is 0. The first-order chi connectivity index (χ1) is 3.79. The standard InChI is InChI=1S/C6H13NO/c1-6(2)3-4-7-5-8-7/h6H,3-5H2,1-2H3. The van der Waals surface area contributed by atoms with Gasteiger partial charge in [0.05, 0.1) is 0 Å². The van der Waals surface area contributed by atoms with E-state index in [2.05, 4.69) is 13.8 Å². The topological polar surface area (TPSA) is 15.5 Å². The van der Waals surface area contributed by atoms with Gasteiger partial charge in [-0.15, -0.1) is 0 Å². The van der Waals surface area contributed by atoms with Gasteiger partial charge in [-0.25, -0.2) is 0 Å². The number of hydrogen-bond acceptors (Lipinski definition) is 2. The van der Waals surface area contributed by atoms with Crippen molar-refractivity contribution in [1.82, 2.24) is 5.06 Å². The van der Waals surface area contributed by atoms with E-state index in [1.54, 1.807) is 0 Å². The molecule has 0 aromatic heterocycles. The summed E-state index contributed by atoms with van der Waals surface area (Å²) in [6.07, 6.45) is 1.25. The van der Waals surface area contributed by atoms with E-state index in [1.807, 2.05) is 5.06 Å². The van der Waals surface area contributed by atoms with Crippen molar-refractivity contribution in [1.29, 1.82) is 0 Å². The van der Waals surface area contributed by atoms with Crippen LogP contribution in [0.1, 0.15) is 20.3 Å². The van der Waals surface area contributed by atoms with Gasteiger partial charge in [0.1, 0.15) is 6.73 Å². The fraction of sp³-hybridized carbons (Fsp3) is 1.00. The van der Waals surface area contributed by atoms with E-state index < -0.39 is 0 Å². The van der Waals surface area contributed by atoms with E-state index in [4.69, 9.17) is 4.84 Å². The van der Waals surface area contributed by atoms with E-state index in [-0.39, 0.29) is 0 Å². The summed E-state index contributed by atoms with van der Waals surface area (Å²) in [5.41, 5.74) is 0. The molecule has 1 atom stereocenters. The minimum atomic E-state index is 0.805. The molecule has 1 aliphatic heterocycles. The van der Waals surface area contributed by atoms with Crippen LogP contribution in [0.3, 0.4) is 0 Å². The lowest BCUT2D eigenvalue weighted by molar-refractivity contribution is 0.192. The van der Waals surface area contributed by atoms with Crippen LogP contribution in [0.2, 0.25) is 0 Å². The van der Waals surface area contributed by atoms with Gasteiger partial charge in [-0.05, 0) is 12.3 Å². The molecule has 0 spiro atoms. The Morgan fingerprint density at radius 3 is 2.62 bits per heavy atom. The summed E-state index contributed by atoms with van der Waals surface area (Å²) in [6, 6.07) is 0. The number of rotatable bonds is 3. The molecule has 2 nitrogen and oxygen atoms in total. The Balaban J connectivity index is 1.87. The van der Waals surface area contributed by atoms with Crippen molar-refractivity contribution in [2.45, 2.75) is 20.3 Å². The Morgan fingerprint density at radius 2 is 2.25 bits per heavy atom. The third kappa shape index (κ3) is 2.28. The Hall–Kier alpha value is -0.0800. The first-order valence-corrected chi connectivity index (χ1v) is 3.17. The molecule has 0 bridgehead atoms. The van der Waals surface area contributed by atoms with E-state index in [9.17, 15) is 0 Å². The second-order valence-electron chi connectivity index (χ2n) is 2.65. The number of hydroxylamine groups is 2. The Labute approximate surface area is 50.4 Å². The molecular formula is C6H13NO. The molecule has 48 valence electrons. The predicted octanol–water partition coefficient (Wildman–Crippen LogP) is 1.24. The monoisotopic (exact) mass is 115 g/mol. The van der Waals surface area contributed by atoms with Crippen molar-refractivity contribution < 1.29 is 4.84 Å². The first-order valence-electron chi connectivity index (χ1n) is 3.17. The molecule has 1 aliphatic rings. The van der Waals surface area contributed by atoms with Gasteiger partial charge >= 0.3 is 0 Å². The molecule has 0 aromatic carbocycles. The van der Waals surface area contributed by atoms with E-state index in [0.717, 1.165) is 19.2 Å². The van der Waals surface area contributed by atoms with E-state index >= 15 is 0 Å². The van der Waals surface area contributed by atoms with Gasteiger partial charge in [0, 0.05) is 6.54 Å². The fourth-order valence-corrected chi connectivity index (χ4v) is 0.572. The van der Waals surface area contributed by atoms with Crippen LogP contribution in [0.15, 0.2) is 0 Å². The summed E-state index contributed by atoms with van der Waals surface area (Å²) >= 11 is 0. The van der Waals surface area contributed by atoms with E-state index in [1.165, 1.54) is 6.42 Å². The van der Waals surface area contributed by atoms with Crippen molar-refractivity contribution in [3.05, 3.63) is 0 Å². The molecule has 1 saturated heterocycles. The average Bonchev–Trinajstić information content (AvgIpc) is 2.41. The van der Waals surface area contributed by atoms with Crippen LogP contribution in [0.5, 0.6) is 0 Å². The molecule has 1 heterocycles. The van der Waals surface area contributed by atoms with Crippen LogP contribution in [-0.2, 0) is 4.84 Å². The lowest BCUT2D eigenvalue weighted by atomic mass is 10.1. The summed E-state index contributed by atoms with van der Waals surface area (Å²) in [7, 11) is 0. The molecule has 0 saturated carbocycles. The number of nitrogens with zero attached hydrogens (tertiary/aromatic N) is 1. The molecule has 8 heavy (non-hydrogen) atoms. The molecule has 1 unspecified atom stereocenters. The molecule has 0 aliphatic carbocycles. The highest BCUT2D eigenvalue weighted by atomic mass is 16.8.